The SMILES string of the molecule is CN(c1cccc2cc(C(=O)NCC(CN3CCN(C(=O)O)CC3)SCc3ccccc3)[nH]c12)S(=O)(=O)c1cccs1. The van der Waals surface area contributed by atoms with Gasteiger partial charge in [-0.15, -0.1) is 11.3 Å². The van der Waals surface area contributed by atoms with E-state index in [1.54, 1.807) is 47.5 Å². The number of nitrogens with one attached hydrogen (secondary N) is 2. The minimum atomic E-state index is -3.74. The van der Waals surface area contributed by atoms with Gasteiger partial charge in [-0.05, 0) is 29.1 Å². The number of aromatic nitrogens is 1. The molecule has 1 fully saturated rings. The number of anilines is 1. The van der Waals surface area contributed by atoms with E-state index >= 15 is 0 Å². The topological polar surface area (TPSA) is 126 Å². The first-order chi connectivity index (χ1) is 20.2. The molecule has 0 spiro atoms. The molecule has 2 aromatic heterocycles. The standard InChI is InChI=1S/C29H33N5O5S3/c1-32(42(38,39)26-11-6-16-40-26)25-10-5-9-22-17-24(31-27(22)25)28(35)30-18-23(41-20-21-7-3-2-4-8-21)19-33-12-14-34(15-13-33)29(36)37/h2-11,16-17,23,31H,12-15,18-20H2,1H3,(H,30,35)(H,36,37). The number of thiophene rings is 1. The van der Waals surface area contributed by atoms with Crippen LogP contribution in [-0.4, -0.2) is 91.9 Å². The van der Waals surface area contributed by atoms with Crippen LogP contribution in [0.1, 0.15) is 16.1 Å². The van der Waals surface area contributed by atoms with Gasteiger partial charge in [-0.1, -0.05) is 48.5 Å². The summed E-state index contributed by atoms with van der Waals surface area (Å²) in [4.78, 5) is 31.4. The summed E-state index contributed by atoms with van der Waals surface area (Å²) in [7, 11) is -2.23. The number of sulfonamides is 1. The van der Waals surface area contributed by atoms with E-state index in [0.29, 0.717) is 56.2 Å². The molecular formula is C29H33N5O5S3. The van der Waals surface area contributed by atoms with E-state index in [-0.39, 0.29) is 15.4 Å². The van der Waals surface area contributed by atoms with Gasteiger partial charge in [0.2, 0.25) is 0 Å². The molecule has 0 saturated carbocycles. The lowest BCUT2D eigenvalue weighted by Gasteiger charge is -2.35. The van der Waals surface area contributed by atoms with Crippen LogP contribution in [-0.2, 0) is 15.8 Å². The number of benzene rings is 2. The molecule has 1 aliphatic heterocycles. The zero-order valence-electron chi connectivity index (χ0n) is 23.1. The minimum absolute atomic E-state index is 0.0764. The summed E-state index contributed by atoms with van der Waals surface area (Å²) in [5.41, 5.74) is 2.56. The molecule has 2 amide bonds. The Morgan fingerprint density at radius 3 is 2.52 bits per heavy atom. The summed E-state index contributed by atoms with van der Waals surface area (Å²) in [5, 5.41) is 14.9. The van der Waals surface area contributed by atoms with Crippen LogP contribution in [0.5, 0.6) is 0 Å². The molecule has 13 heteroatoms. The highest BCUT2D eigenvalue weighted by Gasteiger charge is 2.26. The molecule has 4 aromatic rings. The summed E-state index contributed by atoms with van der Waals surface area (Å²) in [6.45, 7) is 3.36. The van der Waals surface area contributed by atoms with E-state index in [1.165, 1.54) is 21.8 Å². The molecule has 3 N–H and O–H groups in total. The largest absolute Gasteiger partial charge is 0.465 e. The molecule has 5 rings (SSSR count). The van der Waals surface area contributed by atoms with Gasteiger partial charge in [0.25, 0.3) is 15.9 Å². The number of fused-ring (bicyclic) bond motifs is 1. The maximum Gasteiger partial charge on any atom is 0.407 e. The van der Waals surface area contributed by atoms with Crippen LogP contribution in [0.3, 0.4) is 0 Å². The molecule has 10 nitrogen and oxygen atoms in total. The van der Waals surface area contributed by atoms with Gasteiger partial charge < -0.3 is 20.3 Å². The molecule has 222 valence electrons. The van der Waals surface area contributed by atoms with E-state index in [0.717, 1.165) is 22.5 Å². The number of piperazine rings is 1. The zero-order valence-corrected chi connectivity index (χ0v) is 25.6. The third-order valence-corrected chi connectivity index (χ3v) is 11.7. The smallest absolute Gasteiger partial charge is 0.407 e. The van der Waals surface area contributed by atoms with Gasteiger partial charge in [0.05, 0.1) is 11.2 Å². The zero-order chi connectivity index (χ0) is 29.7. The fraction of sp³-hybridized carbons (Fsp3) is 0.310. The van der Waals surface area contributed by atoms with Crippen LogP contribution in [0.15, 0.2) is 76.3 Å². The number of aromatic amines is 1. The van der Waals surface area contributed by atoms with Crippen molar-refractivity contribution < 1.29 is 23.1 Å². The molecule has 1 atom stereocenters. The first-order valence-corrected chi connectivity index (χ1v) is 16.9. The highest BCUT2D eigenvalue weighted by Crippen LogP contribution is 2.31. The van der Waals surface area contributed by atoms with Crippen molar-refractivity contribution in [1.29, 1.82) is 0 Å². The van der Waals surface area contributed by atoms with Gasteiger partial charge in [0.1, 0.15) is 9.90 Å². The normalized spacial score (nSPS) is 15.0. The number of H-pyrrole nitrogens is 1. The Morgan fingerprint density at radius 1 is 1.07 bits per heavy atom. The number of hydrogen-bond donors (Lipinski definition) is 3. The quantitative estimate of drug-likeness (QED) is 0.225. The molecule has 0 aliphatic carbocycles. The lowest BCUT2D eigenvalue weighted by atomic mass is 10.2. The molecule has 2 aromatic carbocycles. The number of rotatable bonds is 11. The number of hydrogen-bond acceptors (Lipinski definition) is 7. The van der Waals surface area contributed by atoms with E-state index in [2.05, 4.69) is 27.3 Å². The summed E-state index contributed by atoms with van der Waals surface area (Å²) in [5.74, 6) is 0.513. The van der Waals surface area contributed by atoms with Crippen molar-refractivity contribution in [3.8, 4) is 0 Å². The second-order valence-corrected chi connectivity index (χ2v) is 14.5. The van der Waals surface area contributed by atoms with Gasteiger partial charge >= 0.3 is 6.09 Å². The van der Waals surface area contributed by atoms with E-state index in [9.17, 15) is 23.1 Å². The second-order valence-electron chi connectivity index (χ2n) is 10.0. The maximum atomic E-state index is 13.3. The molecule has 0 bridgehead atoms. The third kappa shape index (κ3) is 6.92. The lowest BCUT2D eigenvalue weighted by molar-refractivity contribution is 0.0937. The summed E-state index contributed by atoms with van der Waals surface area (Å²) in [6.07, 6.45) is -0.895. The molecular weight excluding hydrogens is 595 g/mol. The predicted molar refractivity (Wildman–Crippen MR) is 168 cm³/mol. The van der Waals surface area contributed by atoms with E-state index < -0.39 is 16.1 Å². The number of thioether (sulfide) groups is 1. The lowest BCUT2D eigenvalue weighted by Crippen LogP contribution is -2.50. The van der Waals surface area contributed by atoms with Crippen molar-refractivity contribution in [3.05, 3.63) is 83.4 Å². The molecule has 0 radical (unpaired) electrons. The van der Waals surface area contributed by atoms with Gasteiger partial charge in [-0.3, -0.25) is 14.0 Å². The van der Waals surface area contributed by atoms with Gasteiger partial charge in [0.15, 0.2) is 0 Å². The second kappa shape index (κ2) is 13.2. The van der Waals surface area contributed by atoms with Crippen molar-refractivity contribution in [2.45, 2.75) is 15.2 Å². The van der Waals surface area contributed by atoms with Gasteiger partial charge in [0, 0.05) is 62.7 Å². The van der Waals surface area contributed by atoms with Crippen LogP contribution >= 0.6 is 23.1 Å². The molecule has 42 heavy (non-hydrogen) atoms. The average molecular weight is 628 g/mol. The predicted octanol–water partition coefficient (Wildman–Crippen LogP) is 4.38. The maximum absolute atomic E-state index is 13.3. The number of nitrogens with zero attached hydrogens (tertiary/aromatic N) is 3. The van der Waals surface area contributed by atoms with Crippen molar-refractivity contribution in [1.82, 2.24) is 20.1 Å². The van der Waals surface area contributed by atoms with Gasteiger partial charge in [-0.25, -0.2) is 13.2 Å². The summed E-state index contributed by atoms with van der Waals surface area (Å²) in [6, 6.07) is 20.5. The van der Waals surface area contributed by atoms with Crippen molar-refractivity contribution in [2.75, 3.05) is 50.6 Å². The first kappa shape index (κ1) is 30.0. The third-order valence-electron chi connectivity index (χ3n) is 7.25. The van der Waals surface area contributed by atoms with Crippen LogP contribution in [0.4, 0.5) is 10.5 Å². The molecule has 1 saturated heterocycles. The van der Waals surface area contributed by atoms with E-state index in [1.807, 2.05) is 24.3 Å². The van der Waals surface area contributed by atoms with Crippen molar-refractivity contribution >= 4 is 61.7 Å². The number of para-hydroxylation sites is 1. The number of carbonyl (C=O) groups is 2. The highest BCUT2D eigenvalue weighted by atomic mass is 32.2. The monoisotopic (exact) mass is 627 g/mol. The minimum Gasteiger partial charge on any atom is -0.465 e. The fourth-order valence-corrected chi connectivity index (χ4v) is 8.38. The Bertz CT molecular complexity index is 1620. The Labute approximate surface area is 253 Å². The summed E-state index contributed by atoms with van der Waals surface area (Å²) >= 11 is 2.91. The fourth-order valence-electron chi connectivity index (χ4n) is 4.88. The highest BCUT2D eigenvalue weighted by molar-refractivity contribution is 7.99. The molecule has 1 unspecified atom stereocenters. The van der Waals surface area contributed by atoms with Gasteiger partial charge in [-0.2, -0.15) is 11.8 Å². The first-order valence-electron chi connectivity index (χ1n) is 13.5. The Hall–Kier alpha value is -3.52. The summed E-state index contributed by atoms with van der Waals surface area (Å²) < 4.78 is 27.8. The molecule has 1 aliphatic rings. The number of amides is 2. The average Bonchev–Trinajstić information content (AvgIpc) is 3.70. The number of carboxylic acid groups (broad SMARTS) is 1. The number of carbonyl (C=O) groups excluding carboxylic acids is 1. The van der Waals surface area contributed by atoms with Crippen LogP contribution < -0.4 is 9.62 Å². The molecule has 3 heterocycles. The van der Waals surface area contributed by atoms with Crippen LogP contribution in [0, 0.1) is 0 Å². The van der Waals surface area contributed by atoms with E-state index in [4.69, 9.17) is 0 Å². The van der Waals surface area contributed by atoms with Crippen molar-refractivity contribution in [2.24, 2.45) is 0 Å². The Kier molecular flexibility index (Phi) is 9.41. The van der Waals surface area contributed by atoms with Crippen LogP contribution in [0.2, 0.25) is 0 Å². The van der Waals surface area contributed by atoms with Crippen LogP contribution in [0.25, 0.3) is 10.9 Å². The Balaban J connectivity index is 1.28. The van der Waals surface area contributed by atoms with Crippen molar-refractivity contribution in [3.63, 3.8) is 0 Å². The Morgan fingerprint density at radius 2 is 1.83 bits per heavy atom.